The second-order valence-corrected chi connectivity index (χ2v) is 8.53. The standard InChI is InChI=1S/C27H25NO/c1-26(2)18-21(19-9-4-3-5-10-19)15-16-27(26,28)29-25-14-8-13-23-22-12-7-6-11-20(22)17-24(23)25/h3-16,18H,17,28H2,1-2H3. The Morgan fingerprint density at radius 2 is 1.55 bits per heavy atom. The summed E-state index contributed by atoms with van der Waals surface area (Å²) in [4.78, 5) is 0. The third-order valence-electron chi connectivity index (χ3n) is 6.23. The topological polar surface area (TPSA) is 35.2 Å². The van der Waals surface area contributed by atoms with Crippen molar-refractivity contribution in [2.75, 3.05) is 0 Å². The normalized spacial score (nSPS) is 21.3. The molecule has 144 valence electrons. The number of hydrogen-bond acceptors (Lipinski definition) is 2. The van der Waals surface area contributed by atoms with E-state index in [4.69, 9.17) is 10.5 Å². The van der Waals surface area contributed by atoms with Gasteiger partial charge in [-0.2, -0.15) is 0 Å². The molecule has 0 heterocycles. The van der Waals surface area contributed by atoms with Gasteiger partial charge in [0.25, 0.3) is 0 Å². The number of nitrogens with two attached hydrogens (primary N) is 1. The van der Waals surface area contributed by atoms with E-state index < -0.39 is 5.72 Å². The zero-order chi connectivity index (χ0) is 20.1. The van der Waals surface area contributed by atoms with E-state index in [9.17, 15) is 0 Å². The summed E-state index contributed by atoms with van der Waals surface area (Å²) in [5.74, 6) is 0.871. The molecule has 2 nitrogen and oxygen atoms in total. The van der Waals surface area contributed by atoms with Crippen LogP contribution in [0.1, 0.15) is 30.5 Å². The maximum atomic E-state index is 6.85. The lowest BCUT2D eigenvalue weighted by Crippen LogP contribution is -2.56. The molecule has 0 aliphatic heterocycles. The molecule has 2 N–H and O–H groups in total. The number of benzene rings is 3. The summed E-state index contributed by atoms with van der Waals surface area (Å²) in [7, 11) is 0. The quantitative estimate of drug-likeness (QED) is 0.445. The van der Waals surface area contributed by atoms with Gasteiger partial charge in [0.2, 0.25) is 0 Å². The van der Waals surface area contributed by atoms with Gasteiger partial charge in [-0.1, -0.05) is 92.7 Å². The molecule has 2 aliphatic rings. The Bertz CT molecular complexity index is 1140. The maximum Gasteiger partial charge on any atom is 0.186 e. The summed E-state index contributed by atoms with van der Waals surface area (Å²) in [6.45, 7) is 4.27. The molecule has 3 aromatic carbocycles. The van der Waals surface area contributed by atoms with Gasteiger partial charge in [-0.3, -0.25) is 5.73 Å². The minimum Gasteiger partial charge on any atom is -0.468 e. The molecule has 3 aromatic rings. The van der Waals surface area contributed by atoms with Crippen LogP contribution in [0.2, 0.25) is 0 Å². The summed E-state index contributed by atoms with van der Waals surface area (Å²) in [6, 6.07) is 25.2. The minimum atomic E-state index is -0.921. The van der Waals surface area contributed by atoms with E-state index in [2.05, 4.69) is 86.7 Å². The van der Waals surface area contributed by atoms with Crippen LogP contribution in [-0.4, -0.2) is 5.72 Å². The summed E-state index contributed by atoms with van der Waals surface area (Å²) in [6.07, 6.45) is 7.20. The van der Waals surface area contributed by atoms with Crippen molar-refractivity contribution in [3.63, 3.8) is 0 Å². The van der Waals surface area contributed by atoms with E-state index in [0.29, 0.717) is 0 Å². The average molecular weight is 380 g/mol. The highest BCUT2D eigenvalue weighted by Gasteiger charge is 2.43. The van der Waals surface area contributed by atoms with Gasteiger partial charge >= 0.3 is 0 Å². The van der Waals surface area contributed by atoms with Crippen LogP contribution in [0.25, 0.3) is 16.7 Å². The van der Waals surface area contributed by atoms with E-state index in [1.54, 1.807) is 0 Å². The molecular weight excluding hydrogens is 354 g/mol. The van der Waals surface area contributed by atoms with Gasteiger partial charge < -0.3 is 4.74 Å². The van der Waals surface area contributed by atoms with Gasteiger partial charge in [0.15, 0.2) is 5.72 Å². The van der Waals surface area contributed by atoms with Crippen molar-refractivity contribution in [2.45, 2.75) is 26.0 Å². The zero-order valence-corrected chi connectivity index (χ0v) is 16.9. The molecule has 2 aliphatic carbocycles. The Morgan fingerprint density at radius 1 is 0.828 bits per heavy atom. The first-order valence-corrected chi connectivity index (χ1v) is 10.1. The number of hydrogen-bond donors (Lipinski definition) is 1. The highest BCUT2D eigenvalue weighted by atomic mass is 16.5. The van der Waals surface area contributed by atoms with Crippen molar-refractivity contribution in [3.8, 4) is 16.9 Å². The fraction of sp³-hybridized carbons (Fsp3) is 0.185. The average Bonchev–Trinajstić information content (AvgIpc) is 3.11. The molecule has 0 bridgehead atoms. The van der Waals surface area contributed by atoms with Crippen LogP contribution in [0.5, 0.6) is 5.75 Å². The van der Waals surface area contributed by atoms with Gasteiger partial charge in [0, 0.05) is 17.4 Å². The van der Waals surface area contributed by atoms with Crippen LogP contribution < -0.4 is 10.5 Å². The lowest BCUT2D eigenvalue weighted by molar-refractivity contribution is 0.0328. The molecule has 29 heavy (non-hydrogen) atoms. The summed E-state index contributed by atoms with van der Waals surface area (Å²) >= 11 is 0. The van der Waals surface area contributed by atoms with Crippen LogP contribution in [0.15, 0.2) is 91.0 Å². The van der Waals surface area contributed by atoms with Crippen LogP contribution >= 0.6 is 0 Å². The van der Waals surface area contributed by atoms with Crippen LogP contribution in [-0.2, 0) is 6.42 Å². The Labute approximate surface area is 172 Å². The predicted octanol–water partition coefficient (Wildman–Crippen LogP) is 5.97. The highest BCUT2D eigenvalue weighted by Crippen LogP contribution is 2.45. The molecule has 0 spiro atoms. The van der Waals surface area contributed by atoms with E-state index >= 15 is 0 Å². The fourth-order valence-corrected chi connectivity index (χ4v) is 4.36. The van der Waals surface area contributed by atoms with Crippen molar-refractivity contribution in [3.05, 3.63) is 108 Å². The first kappa shape index (κ1) is 18.0. The smallest absolute Gasteiger partial charge is 0.186 e. The monoisotopic (exact) mass is 379 g/mol. The number of fused-ring (bicyclic) bond motifs is 3. The molecule has 0 saturated carbocycles. The number of rotatable bonds is 3. The van der Waals surface area contributed by atoms with Crippen LogP contribution in [0.4, 0.5) is 0 Å². The van der Waals surface area contributed by atoms with Gasteiger partial charge in [0.1, 0.15) is 5.75 Å². The maximum absolute atomic E-state index is 6.85. The predicted molar refractivity (Wildman–Crippen MR) is 120 cm³/mol. The third kappa shape index (κ3) is 2.92. The largest absolute Gasteiger partial charge is 0.468 e. The Balaban J connectivity index is 1.49. The molecule has 2 heteroatoms. The summed E-state index contributed by atoms with van der Waals surface area (Å²) in [5.41, 5.74) is 13.0. The van der Waals surface area contributed by atoms with E-state index in [1.165, 1.54) is 33.4 Å². The van der Waals surface area contributed by atoms with Crippen molar-refractivity contribution >= 4 is 5.57 Å². The Morgan fingerprint density at radius 3 is 2.34 bits per heavy atom. The first-order chi connectivity index (χ1) is 14.0. The Kier molecular flexibility index (Phi) is 4.01. The molecule has 0 radical (unpaired) electrons. The molecule has 0 aromatic heterocycles. The molecule has 1 unspecified atom stereocenters. The number of ether oxygens (including phenoxy) is 1. The van der Waals surface area contributed by atoms with Gasteiger partial charge in [-0.15, -0.1) is 0 Å². The molecule has 0 amide bonds. The van der Waals surface area contributed by atoms with Crippen molar-refractivity contribution in [1.29, 1.82) is 0 Å². The molecule has 0 fully saturated rings. The third-order valence-corrected chi connectivity index (χ3v) is 6.23. The van der Waals surface area contributed by atoms with Gasteiger partial charge in [0.05, 0.1) is 0 Å². The van der Waals surface area contributed by atoms with Crippen molar-refractivity contribution in [1.82, 2.24) is 0 Å². The Hall–Kier alpha value is -3.10. The lowest BCUT2D eigenvalue weighted by atomic mass is 9.75. The second kappa shape index (κ2) is 6.47. The SMILES string of the molecule is CC1(C)C=C(c2ccccc2)C=CC1(N)Oc1cccc2c1Cc1ccccc1-2. The van der Waals surface area contributed by atoms with E-state index in [0.717, 1.165) is 12.2 Å². The van der Waals surface area contributed by atoms with Gasteiger partial charge in [-0.05, 0) is 40.0 Å². The number of allylic oxidation sites excluding steroid dienone is 2. The zero-order valence-electron chi connectivity index (χ0n) is 16.9. The van der Waals surface area contributed by atoms with Crippen LogP contribution in [0.3, 0.4) is 0 Å². The van der Waals surface area contributed by atoms with Crippen molar-refractivity contribution < 1.29 is 4.74 Å². The molecule has 1 atom stereocenters. The second-order valence-electron chi connectivity index (χ2n) is 8.53. The summed E-state index contributed by atoms with van der Waals surface area (Å²) in [5, 5.41) is 0. The first-order valence-electron chi connectivity index (χ1n) is 10.1. The minimum absolute atomic E-state index is 0.374. The summed E-state index contributed by atoms with van der Waals surface area (Å²) < 4.78 is 6.56. The molecule has 0 saturated heterocycles. The lowest BCUT2D eigenvalue weighted by Gasteiger charge is -2.42. The van der Waals surface area contributed by atoms with Gasteiger partial charge in [-0.25, -0.2) is 0 Å². The molecular formula is C27H25NO. The fourth-order valence-electron chi connectivity index (χ4n) is 4.36. The van der Waals surface area contributed by atoms with E-state index in [-0.39, 0.29) is 5.41 Å². The van der Waals surface area contributed by atoms with Crippen LogP contribution in [0, 0.1) is 5.41 Å². The molecule has 5 rings (SSSR count). The van der Waals surface area contributed by atoms with Crippen molar-refractivity contribution in [2.24, 2.45) is 11.1 Å². The van der Waals surface area contributed by atoms with E-state index in [1.807, 2.05) is 18.2 Å². The highest BCUT2D eigenvalue weighted by molar-refractivity contribution is 5.79.